The van der Waals surface area contributed by atoms with Crippen LogP contribution in [0.5, 0.6) is 5.75 Å². The minimum Gasteiger partial charge on any atom is -0.434 e. The minimum atomic E-state index is -2.81. The van der Waals surface area contributed by atoms with Gasteiger partial charge in [-0.25, -0.2) is 0 Å². The van der Waals surface area contributed by atoms with Crippen molar-refractivity contribution in [3.8, 4) is 5.75 Å². The summed E-state index contributed by atoms with van der Waals surface area (Å²) in [4.78, 5) is 0.924. The fraction of sp³-hybridized carbons (Fsp3) is 0.167. The Hall–Kier alpha value is -0.940. The Kier molecular flexibility index (Phi) is 4.12. The summed E-state index contributed by atoms with van der Waals surface area (Å²) in [6.45, 7) is -2.81. The number of benzene rings is 1. The first-order chi connectivity index (χ1) is 8.18. The quantitative estimate of drug-likeness (QED) is 0.733. The molecule has 1 atom stereocenters. The first-order valence-corrected chi connectivity index (χ1v) is 6.69. The first-order valence-electron chi connectivity index (χ1n) is 4.89. The van der Waals surface area contributed by atoms with E-state index in [-0.39, 0.29) is 10.6 Å². The lowest BCUT2D eigenvalue weighted by Gasteiger charge is -2.14. The van der Waals surface area contributed by atoms with Crippen molar-refractivity contribution in [1.29, 1.82) is 0 Å². The van der Waals surface area contributed by atoms with Crippen LogP contribution < -0.4 is 4.74 Å². The summed E-state index contributed by atoms with van der Waals surface area (Å²) in [5.74, 6) is 0.206. The van der Waals surface area contributed by atoms with Crippen molar-refractivity contribution in [3.05, 3.63) is 52.2 Å². The molecule has 0 amide bonds. The van der Waals surface area contributed by atoms with Gasteiger partial charge in [-0.15, -0.1) is 11.3 Å². The van der Waals surface area contributed by atoms with Crippen LogP contribution in [-0.2, 0) is 0 Å². The molecule has 1 unspecified atom stereocenters. The van der Waals surface area contributed by atoms with Crippen LogP contribution >= 0.6 is 27.3 Å². The second kappa shape index (κ2) is 5.60. The molecule has 17 heavy (non-hydrogen) atoms. The molecule has 0 N–H and O–H groups in total. The zero-order valence-corrected chi connectivity index (χ0v) is 11.0. The van der Waals surface area contributed by atoms with E-state index in [1.165, 1.54) is 0 Å². The molecule has 0 saturated heterocycles. The predicted octanol–water partition coefficient (Wildman–Crippen LogP) is 4.83. The molecule has 1 aromatic heterocycles. The lowest BCUT2D eigenvalue weighted by Crippen LogP contribution is -2.05. The number of para-hydroxylation sites is 1. The van der Waals surface area contributed by atoms with Crippen molar-refractivity contribution >= 4 is 27.3 Å². The zero-order chi connectivity index (χ0) is 12.3. The highest BCUT2D eigenvalue weighted by Crippen LogP contribution is 2.38. The molecule has 2 aromatic rings. The van der Waals surface area contributed by atoms with Crippen molar-refractivity contribution in [1.82, 2.24) is 0 Å². The molecule has 5 heteroatoms. The van der Waals surface area contributed by atoms with Gasteiger partial charge in [-0.05, 0) is 17.5 Å². The lowest BCUT2D eigenvalue weighted by molar-refractivity contribution is -0.0503. The average molecular weight is 319 g/mol. The molecular formula is C12H9BrF2OS. The summed E-state index contributed by atoms with van der Waals surface area (Å²) in [5, 5.41) is 1.94. The Balaban J connectivity index is 2.31. The molecule has 1 nitrogen and oxygen atoms in total. The van der Waals surface area contributed by atoms with E-state index in [0.717, 1.165) is 4.88 Å². The average Bonchev–Trinajstić information content (AvgIpc) is 2.81. The molecule has 0 radical (unpaired) electrons. The number of ether oxygens (including phenoxy) is 1. The van der Waals surface area contributed by atoms with Gasteiger partial charge >= 0.3 is 6.61 Å². The van der Waals surface area contributed by atoms with Crippen LogP contribution in [0.3, 0.4) is 0 Å². The molecule has 0 spiro atoms. The van der Waals surface area contributed by atoms with E-state index in [1.807, 2.05) is 17.5 Å². The van der Waals surface area contributed by atoms with E-state index < -0.39 is 6.61 Å². The van der Waals surface area contributed by atoms with E-state index in [0.29, 0.717) is 5.56 Å². The van der Waals surface area contributed by atoms with Crippen LogP contribution in [0.1, 0.15) is 15.3 Å². The molecule has 1 aromatic carbocycles. The van der Waals surface area contributed by atoms with E-state index in [9.17, 15) is 8.78 Å². The Morgan fingerprint density at radius 1 is 1.12 bits per heavy atom. The third-order valence-corrected chi connectivity index (χ3v) is 4.43. The topological polar surface area (TPSA) is 9.23 Å². The van der Waals surface area contributed by atoms with Crippen molar-refractivity contribution in [3.63, 3.8) is 0 Å². The normalized spacial score (nSPS) is 12.7. The zero-order valence-electron chi connectivity index (χ0n) is 8.65. The van der Waals surface area contributed by atoms with Crippen molar-refractivity contribution in [2.24, 2.45) is 0 Å². The molecule has 0 saturated carbocycles. The molecule has 0 aliphatic heterocycles. The number of halogens is 3. The molecule has 90 valence electrons. The predicted molar refractivity (Wildman–Crippen MR) is 68.2 cm³/mol. The summed E-state index contributed by atoms with van der Waals surface area (Å²) in [5.41, 5.74) is 0.704. The SMILES string of the molecule is FC(F)Oc1ccccc1C(Br)c1cccs1. The van der Waals surface area contributed by atoms with Gasteiger partial charge in [0.1, 0.15) is 5.75 Å². The minimum absolute atomic E-state index is 0.127. The van der Waals surface area contributed by atoms with E-state index >= 15 is 0 Å². The Morgan fingerprint density at radius 3 is 2.53 bits per heavy atom. The van der Waals surface area contributed by atoms with E-state index in [2.05, 4.69) is 20.7 Å². The number of thiophene rings is 1. The number of alkyl halides is 3. The molecule has 0 aliphatic carbocycles. The van der Waals surface area contributed by atoms with Crippen molar-refractivity contribution in [2.45, 2.75) is 11.4 Å². The van der Waals surface area contributed by atoms with Gasteiger partial charge in [-0.2, -0.15) is 8.78 Å². The molecular weight excluding hydrogens is 310 g/mol. The van der Waals surface area contributed by atoms with Gasteiger partial charge in [0.15, 0.2) is 0 Å². The second-order valence-corrected chi connectivity index (χ2v) is 5.19. The van der Waals surface area contributed by atoms with Crippen LogP contribution in [0.2, 0.25) is 0 Å². The summed E-state index contributed by atoms with van der Waals surface area (Å²) in [6.07, 6.45) is 0. The fourth-order valence-electron chi connectivity index (χ4n) is 1.48. The van der Waals surface area contributed by atoms with Crippen LogP contribution in [-0.4, -0.2) is 6.61 Å². The largest absolute Gasteiger partial charge is 0.434 e. The first kappa shape index (κ1) is 12.5. The van der Waals surface area contributed by atoms with Gasteiger partial charge in [0, 0.05) is 10.4 Å². The molecule has 0 fully saturated rings. The van der Waals surface area contributed by atoms with Crippen molar-refractivity contribution in [2.75, 3.05) is 0 Å². The van der Waals surface area contributed by atoms with Crippen molar-refractivity contribution < 1.29 is 13.5 Å². The van der Waals surface area contributed by atoms with E-state index in [1.54, 1.807) is 35.6 Å². The summed E-state index contributed by atoms with van der Waals surface area (Å²) in [6, 6.07) is 10.7. The van der Waals surface area contributed by atoms with Gasteiger partial charge < -0.3 is 4.74 Å². The summed E-state index contributed by atoms with van der Waals surface area (Å²) in [7, 11) is 0. The monoisotopic (exact) mass is 318 g/mol. The Morgan fingerprint density at radius 2 is 1.88 bits per heavy atom. The third kappa shape index (κ3) is 3.04. The summed E-state index contributed by atoms with van der Waals surface area (Å²) >= 11 is 5.06. The van der Waals surface area contributed by atoms with E-state index in [4.69, 9.17) is 0 Å². The maximum absolute atomic E-state index is 12.3. The molecule has 1 heterocycles. The van der Waals surface area contributed by atoms with Crippen LogP contribution in [0.4, 0.5) is 8.78 Å². The number of rotatable bonds is 4. The maximum Gasteiger partial charge on any atom is 0.387 e. The Labute approximate surface area is 110 Å². The number of hydrogen-bond acceptors (Lipinski definition) is 2. The molecule has 0 bridgehead atoms. The van der Waals surface area contributed by atoms with Crippen LogP contribution in [0.15, 0.2) is 41.8 Å². The van der Waals surface area contributed by atoms with Crippen LogP contribution in [0.25, 0.3) is 0 Å². The smallest absolute Gasteiger partial charge is 0.387 e. The highest BCUT2D eigenvalue weighted by molar-refractivity contribution is 9.09. The standard InChI is InChI=1S/C12H9BrF2OS/c13-11(10-6-3-7-17-10)8-4-1-2-5-9(8)16-12(14)15/h1-7,11-12H. The molecule has 2 rings (SSSR count). The molecule has 0 aliphatic rings. The second-order valence-electron chi connectivity index (χ2n) is 3.29. The van der Waals surface area contributed by atoms with Crippen LogP contribution in [0, 0.1) is 0 Å². The maximum atomic E-state index is 12.3. The Bertz CT molecular complexity index is 473. The highest BCUT2D eigenvalue weighted by Gasteiger charge is 2.17. The number of hydrogen-bond donors (Lipinski definition) is 0. The van der Waals surface area contributed by atoms with Gasteiger partial charge in [-0.3, -0.25) is 0 Å². The fourth-order valence-corrected chi connectivity index (χ4v) is 3.05. The van der Waals surface area contributed by atoms with Gasteiger partial charge in [0.2, 0.25) is 0 Å². The van der Waals surface area contributed by atoms with Gasteiger partial charge in [-0.1, -0.05) is 40.2 Å². The lowest BCUT2D eigenvalue weighted by atomic mass is 10.1. The van der Waals surface area contributed by atoms with Gasteiger partial charge in [0.25, 0.3) is 0 Å². The van der Waals surface area contributed by atoms with Gasteiger partial charge in [0.05, 0.1) is 4.83 Å². The summed E-state index contributed by atoms with van der Waals surface area (Å²) < 4.78 is 29.0. The third-order valence-electron chi connectivity index (χ3n) is 2.20. The highest BCUT2D eigenvalue weighted by atomic mass is 79.9.